The van der Waals surface area contributed by atoms with Crippen molar-refractivity contribution in [3.05, 3.63) is 97.1 Å². The summed E-state index contributed by atoms with van der Waals surface area (Å²) in [4.78, 5) is 59.3. The van der Waals surface area contributed by atoms with Gasteiger partial charge in [0.25, 0.3) is 0 Å². The van der Waals surface area contributed by atoms with E-state index in [0.717, 1.165) is 0 Å². The number of halogens is 1. The molecule has 11 heteroatoms. The van der Waals surface area contributed by atoms with E-state index in [2.05, 4.69) is 34.4 Å². The van der Waals surface area contributed by atoms with Crippen molar-refractivity contribution in [3.63, 3.8) is 0 Å². The zero-order valence-electron chi connectivity index (χ0n) is 28.3. The Morgan fingerprint density at radius 2 is 1.73 bits per heavy atom. The third kappa shape index (κ3) is 6.98. The Hall–Kier alpha value is -3.80. The van der Waals surface area contributed by atoms with Gasteiger partial charge in [0, 0.05) is 23.3 Å². The number of alkyl halides is 1. The topological polar surface area (TPSA) is 125 Å². The van der Waals surface area contributed by atoms with Gasteiger partial charge in [0.1, 0.15) is 17.7 Å². The van der Waals surface area contributed by atoms with Crippen molar-refractivity contribution in [3.8, 4) is 0 Å². The number of hydrogen-bond donors (Lipinski definition) is 2. The van der Waals surface area contributed by atoms with Gasteiger partial charge in [0.05, 0.1) is 37.1 Å². The number of rotatable bonds is 14. The molecule has 3 aliphatic rings. The summed E-state index contributed by atoms with van der Waals surface area (Å²) in [6.45, 7) is 13.1. The Balaban J connectivity index is 1.55. The lowest BCUT2D eigenvalue weighted by Crippen LogP contribution is -2.60. The number of fused-ring (bicyclic) bond motifs is 1. The van der Waals surface area contributed by atoms with E-state index in [1.54, 1.807) is 29.2 Å². The number of carbonyl (C=O) groups is 4. The summed E-state index contributed by atoms with van der Waals surface area (Å²) in [6.07, 6.45) is 2.77. The zero-order valence-corrected chi connectivity index (χ0v) is 29.9. The number of amides is 3. The number of aliphatic hydroxyl groups is 1. The minimum absolute atomic E-state index is 0.0292. The number of aliphatic hydroxyl groups excluding tert-OH is 1. The second kappa shape index (κ2) is 15.0. The molecule has 8 atom stereocenters. The van der Waals surface area contributed by atoms with Crippen molar-refractivity contribution < 1.29 is 33.8 Å². The highest BCUT2D eigenvalue weighted by molar-refractivity contribution is 9.09. The number of nitrogens with zero attached hydrogens (tertiary/aromatic N) is 2. The highest BCUT2D eigenvalue weighted by Crippen LogP contribution is 2.61. The first kappa shape index (κ1) is 36.5. The third-order valence-electron chi connectivity index (χ3n) is 9.80. The quantitative estimate of drug-likeness (QED) is 0.165. The molecule has 0 aliphatic carbocycles. The molecule has 10 nitrogen and oxygen atoms in total. The molecule has 5 rings (SSSR count). The van der Waals surface area contributed by atoms with Gasteiger partial charge in [-0.3, -0.25) is 19.2 Å². The molecular formula is C38H46BrN3O7. The van der Waals surface area contributed by atoms with Gasteiger partial charge in [-0.1, -0.05) is 88.7 Å². The third-order valence-corrected chi connectivity index (χ3v) is 10.6. The average Bonchev–Trinajstić information content (AvgIpc) is 3.68. The van der Waals surface area contributed by atoms with Crippen molar-refractivity contribution in [1.82, 2.24) is 15.1 Å². The predicted octanol–water partition coefficient (Wildman–Crippen LogP) is 4.65. The summed E-state index contributed by atoms with van der Waals surface area (Å²) >= 11 is 3.73. The molecular weight excluding hydrogens is 690 g/mol. The van der Waals surface area contributed by atoms with Crippen LogP contribution < -0.4 is 5.32 Å². The van der Waals surface area contributed by atoms with E-state index in [1.807, 2.05) is 69.3 Å². The fourth-order valence-corrected chi connectivity index (χ4v) is 8.54. The molecule has 2 aromatic rings. The lowest BCUT2D eigenvalue weighted by Gasteiger charge is -2.43. The van der Waals surface area contributed by atoms with Gasteiger partial charge >= 0.3 is 5.97 Å². The van der Waals surface area contributed by atoms with E-state index in [9.17, 15) is 24.3 Å². The fraction of sp³-hybridized carbons (Fsp3) is 0.474. The maximum Gasteiger partial charge on any atom is 0.313 e. The first-order valence-corrected chi connectivity index (χ1v) is 17.7. The highest BCUT2D eigenvalue weighted by atomic mass is 79.9. The standard InChI is InChI=1S/C38H46BrN3O7/c1-6-8-19-29(44)40-22-28(25-17-13-10-14-18-25)48-36(47)30-31-34(45)42(27(23-43)24-15-11-9-12-16-24)33(38(31)21-26(39)32(30)49-38)35(46)41(20-7-2)37(3,4)5/h6-7,9-18,26-28,30-33,43H,1-2,8,19-23H2,3-5H3,(H,40,44)/t26?,27-,28-,30+,31-,32+,33+,38-/m1/s1. The molecule has 0 radical (unpaired) electrons. The average molecular weight is 737 g/mol. The number of likely N-dealkylation sites (tertiary alicyclic amines) is 1. The van der Waals surface area contributed by atoms with Crippen molar-refractivity contribution >= 4 is 39.6 Å². The summed E-state index contributed by atoms with van der Waals surface area (Å²) < 4.78 is 12.9. The van der Waals surface area contributed by atoms with Gasteiger partial charge in [-0.25, -0.2) is 0 Å². The number of carbonyl (C=O) groups excluding carboxylic acids is 4. The molecule has 2 aromatic carbocycles. The summed E-state index contributed by atoms with van der Waals surface area (Å²) in [6, 6.07) is 16.1. The molecule has 262 valence electrons. The van der Waals surface area contributed by atoms with Crippen LogP contribution in [-0.2, 0) is 28.7 Å². The molecule has 0 saturated carbocycles. The summed E-state index contributed by atoms with van der Waals surface area (Å²) in [7, 11) is 0. The molecule has 3 aliphatic heterocycles. The largest absolute Gasteiger partial charge is 0.455 e. The van der Waals surface area contributed by atoms with Crippen molar-refractivity contribution in [2.24, 2.45) is 11.8 Å². The van der Waals surface area contributed by atoms with Crippen LogP contribution in [0.1, 0.15) is 63.3 Å². The molecule has 2 N–H and O–H groups in total. The van der Waals surface area contributed by atoms with Crippen LogP contribution in [0.15, 0.2) is 86.0 Å². The Labute approximate surface area is 296 Å². The first-order valence-electron chi connectivity index (χ1n) is 16.7. The molecule has 3 saturated heterocycles. The van der Waals surface area contributed by atoms with Gasteiger partial charge in [0.15, 0.2) is 0 Å². The number of nitrogens with one attached hydrogen (secondary N) is 1. The Kier molecular flexibility index (Phi) is 11.2. The van der Waals surface area contributed by atoms with E-state index in [-0.39, 0.29) is 36.2 Å². The van der Waals surface area contributed by atoms with E-state index in [1.165, 1.54) is 4.90 Å². The van der Waals surface area contributed by atoms with Gasteiger partial charge in [-0.2, -0.15) is 0 Å². The molecule has 1 spiro atoms. The van der Waals surface area contributed by atoms with Crippen LogP contribution in [0.4, 0.5) is 0 Å². The molecule has 3 fully saturated rings. The first-order chi connectivity index (χ1) is 23.4. The number of allylic oxidation sites excluding steroid dienone is 1. The van der Waals surface area contributed by atoms with Crippen LogP contribution >= 0.6 is 15.9 Å². The molecule has 3 heterocycles. The second-order valence-corrected chi connectivity index (χ2v) is 15.1. The van der Waals surface area contributed by atoms with Crippen molar-refractivity contribution in [1.29, 1.82) is 0 Å². The van der Waals surface area contributed by atoms with Crippen LogP contribution in [0, 0.1) is 11.8 Å². The summed E-state index contributed by atoms with van der Waals surface area (Å²) in [5.74, 6) is -3.76. The SMILES string of the molecule is C=CCCC(=O)NC[C@@H](OC(=O)[C@@H]1[C@H]2O[C@@]3(CC2Br)[C@H](C(=O)N(CC=C)C(C)(C)C)N([C@H](CO)c2ccccc2)C(=O)[C@@H]13)c1ccccc1. The number of hydrogen-bond acceptors (Lipinski definition) is 7. The second-order valence-electron chi connectivity index (χ2n) is 13.9. The number of ether oxygens (including phenoxy) is 2. The minimum atomic E-state index is -1.37. The molecule has 3 amide bonds. The molecule has 1 unspecified atom stereocenters. The normalized spacial score (nSPS) is 26.8. The van der Waals surface area contributed by atoms with Gasteiger partial charge in [-0.05, 0) is 44.7 Å². The van der Waals surface area contributed by atoms with E-state index >= 15 is 0 Å². The van der Waals surface area contributed by atoms with Crippen molar-refractivity contribution in [2.45, 2.75) is 80.3 Å². The maximum atomic E-state index is 14.8. The number of benzene rings is 2. The van der Waals surface area contributed by atoms with E-state index in [0.29, 0.717) is 24.0 Å². The van der Waals surface area contributed by atoms with Gasteiger partial charge in [-0.15, -0.1) is 13.2 Å². The molecule has 2 bridgehead atoms. The van der Waals surface area contributed by atoms with Crippen LogP contribution in [0.3, 0.4) is 0 Å². The van der Waals surface area contributed by atoms with E-state index in [4.69, 9.17) is 9.47 Å². The van der Waals surface area contributed by atoms with Crippen LogP contribution in [0.2, 0.25) is 0 Å². The van der Waals surface area contributed by atoms with E-state index < -0.39 is 65.8 Å². The monoisotopic (exact) mass is 735 g/mol. The smallest absolute Gasteiger partial charge is 0.313 e. The van der Waals surface area contributed by atoms with Crippen molar-refractivity contribution in [2.75, 3.05) is 19.7 Å². The highest BCUT2D eigenvalue weighted by Gasteiger charge is 2.78. The van der Waals surface area contributed by atoms with Crippen LogP contribution in [0.5, 0.6) is 0 Å². The zero-order chi connectivity index (χ0) is 35.5. The van der Waals surface area contributed by atoms with Gasteiger partial charge < -0.3 is 29.7 Å². The van der Waals surface area contributed by atoms with Crippen LogP contribution in [-0.4, -0.2) is 86.4 Å². The summed E-state index contributed by atoms with van der Waals surface area (Å²) in [5.41, 5.74) is -0.682. The fourth-order valence-electron chi connectivity index (χ4n) is 7.59. The van der Waals surface area contributed by atoms with Crippen LogP contribution in [0.25, 0.3) is 0 Å². The van der Waals surface area contributed by atoms with Gasteiger partial charge in [0.2, 0.25) is 17.7 Å². The summed E-state index contributed by atoms with van der Waals surface area (Å²) in [5, 5.41) is 13.7. The lowest BCUT2D eigenvalue weighted by molar-refractivity contribution is -0.161. The lowest BCUT2D eigenvalue weighted by atomic mass is 9.70. The Morgan fingerprint density at radius 1 is 1.10 bits per heavy atom. The Bertz CT molecular complexity index is 1550. The predicted molar refractivity (Wildman–Crippen MR) is 188 cm³/mol. The Morgan fingerprint density at radius 3 is 2.31 bits per heavy atom. The molecule has 0 aromatic heterocycles. The molecule has 49 heavy (non-hydrogen) atoms. The maximum absolute atomic E-state index is 14.8. The number of esters is 1. The minimum Gasteiger partial charge on any atom is -0.455 e.